The molecular weight excluding hydrogens is 511 g/mol. The number of aliphatic imine (C=N–C) groups is 1. The summed E-state index contributed by atoms with van der Waals surface area (Å²) < 4.78 is 39.9. The van der Waals surface area contributed by atoms with Gasteiger partial charge >= 0.3 is 19.7 Å². The first kappa shape index (κ1) is 30.9. The molecule has 37 heavy (non-hydrogen) atoms. The van der Waals surface area contributed by atoms with Crippen LogP contribution in [0, 0.1) is 5.92 Å². The number of aliphatic hydroxyl groups excluding tert-OH is 2. The van der Waals surface area contributed by atoms with Crippen LogP contribution in [0.25, 0.3) is 0 Å². The second-order valence-electron chi connectivity index (χ2n) is 8.66. The summed E-state index contributed by atoms with van der Waals surface area (Å²) >= 11 is 0. The van der Waals surface area contributed by atoms with Gasteiger partial charge in [-0.3, -0.25) is 13.8 Å². The van der Waals surface area contributed by atoms with Crippen molar-refractivity contribution in [3.8, 4) is 0 Å². The zero-order valence-electron chi connectivity index (χ0n) is 21.4. The van der Waals surface area contributed by atoms with Gasteiger partial charge in [0.15, 0.2) is 12.8 Å². The molecule has 5 N–H and O–H groups in total. The van der Waals surface area contributed by atoms with Crippen LogP contribution in [-0.2, 0) is 37.4 Å². The van der Waals surface area contributed by atoms with Gasteiger partial charge < -0.3 is 35.1 Å². The maximum Gasteiger partial charge on any atom is 0.406 e. The number of rotatable bonds is 14. The second kappa shape index (κ2) is 14.0. The van der Waals surface area contributed by atoms with Crippen LogP contribution in [0.15, 0.2) is 29.7 Å². The van der Waals surface area contributed by atoms with E-state index in [1.165, 1.54) is 17.2 Å². The molecule has 0 spiro atoms. The number of ether oxygens (including phenoxy) is 3. The summed E-state index contributed by atoms with van der Waals surface area (Å²) in [5.74, 6) is -1.10. The molecule has 15 heteroatoms. The van der Waals surface area contributed by atoms with Gasteiger partial charge in [-0.1, -0.05) is 20.4 Å². The Balaban J connectivity index is 2.16. The zero-order valence-corrected chi connectivity index (χ0v) is 22.3. The number of nitrogens with zero attached hydrogens (tertiary/aromatic N) is 2. The third-order valence-electron chi connectivity index (χ3n) is 5.23. The molecule has 0 radical (unpaired) electrons. The number of carbonyl (C=O) groups is 2. The fourth-order valence-corrected chi connectivity index (χ4v) is 4.98. The molecule has 0 aromatic heterocycles. The highest BCUT2D eigenvalue weighted by molar-refractivity contribution is 7.51. The quantitative estimate of drug-likeness (QED) is 0.172. The molecule has 210 valence electrons. The van der Waals surface area contributed by atoms with Crippen LogP contribution >= 0.6 is 7.75 Å². The Hall–Kier alpha value is -2.32. The van der Waals surface area contributed by atoms with E-state index in [2.05, 4.69) is 16.7 Å². The predicted octanol–water partition coefficient (Wildman–Crippen LogP) is 0.363. The highest BCUT2D eigenvalue weighted by atomic mass is 31.2. The third-order valence-corrected chi connectivity index (χ3v) is 6.82. The Labute approximate surface area is 216 Å². The van der Waals surface area contributed by atoms with Gasteiger partial charge in [0.25, 0.3) is 0 Å². The van der Waals surface area contributed by atoms with Crippen LogP contribution in [0.3, 0.4) is 0 Å². The van der Waals surface area contributed by atoms with Crippen molar-refractivity contribution in [1.29, 1.82) is 0 Å². The SMILES string of the molecule is C=C1N=C(N)C=CN1[C@@H]1O[C@H](COP(=O)(N[C@@H](CC(C)C)C(=O)OCC)OCC(=O)OCC)[C@H](O)C1O. The first-order chi connectivity index (χ1) is 17.4. The van der Waals surface area contributed by atoms with Crippen LogP contribution in [-0.4, -0.2) is 89.9 Å². The van der Waals surface area contributed by atoms with E-state index >= 15 is 0 Å². The summed E-state index contributed by atoms with van der Waals surface area (Å²) in [5, 5.41) is 23.6. The molecule has 2 unspecified atom stereocenters. The molecule has 0 aromatic carbocycles. The Morgan fingerprint density at radius 1 is 1.24 bits per heavy atom. The van der Waals surface area contributed by atoms with Gasteiger partial charge in [0, 0.05) is 6.20 Å². The first-order valence-corrected chi connectivity index (χ1v) is 13.4. The molecule has 1 fully saturated rings. The Bertz CT molecular complexity index is 927. The summed E-state index contributed by atoms with van der Waals surface area (Å²) in [7, 11) is -4.37. The van der Waals surface area contributed by atoms with E-state index < -0.39 is 63.5 Å². The van der Waals surface area contributed by atoms with Crippen molar-refractivity contribution in [2.45, 2.75) is 64.7 Å². The van der Waals surface area contributed by atoms with Crippen molar-refractivity contribution in [2.24, 2.45) is 16.6 Å². The number of esters is 2. The van der Waals surface area contributed by atoms with Crippen molar-refractivity contribution in [3.05, 3.63) is 24.7 Å². The molecule has 0 aliphatic carbocycles. The van der Waals surface area contributed by atoms with Crippen LogP contribution < -0.4 is 10.8 Å². The predicted molar refractivity (Wildman–Crippen MR) is 132 cm³/mol. The molecule has 0 aromatic rings. The van der Waals surface area contributed by atoms with Gasteiger partial charge in [-0.15, -0.1) is 0 Å². The molecule has 2 rings (SSSR count). The minimum absolute atomic E-state index is 0.00121. The van der Waals surface area contributed by atoms with Crippen molar-refractivity contribution < 1.29 is 47.6 Å². The number of nitrogens with two attached hydrogens (primary N) is 1. The Morgan fingerprint density at radius 3 is 2.51 bits per heavy atom. The largest absolute Gasteiger partial charge is 0.465 e. The summed E-state index contributed by atoms with van der Waals surface area (Å²) in [4.78, 5) is 29.7. The number of carbonyl (C=O) groups excluding carboxylic acids is 2. The van der Waals surface area contributed by atoms with E-state index in [1.54, 1.807) is 13.8 Å². The van der Waals surface area contributed by atoms with E-state index in [0.717, 1.165) is 0 Å². The fraction of sp³-hybridized carbons (Fsp3) is 0.682. The van der Waals surface area contributed by atoms with Gasteiger partial charge in [-0.2, -0.15) is 0 Å². The van der Waals surface area contributed by atoms with E-state index in [9.17, 15) is 24.4 Å². The average molecular weight is 549 g/mol. The lowest BCUT2D eigenvalue weighted by molar-refractivity contribution is -0.145. The molecule has 0 bridgehead atoms. The van der Waals surface area contributed by atoms with Crippen LogP contribution in [0.2, 0.25) is 0 Å². The van der Waals surface area contributed by atoms with Crippen molar-refractivity contribution in [3.63, 3.8) is 0 Å². The molecule has 2 heterocycles. The van der Waals surface area contributed by atoms with Crippen LogP contribution in [0.1, 0.15) is 34.1 Å². The number of hydrogen-bond acceptors (Lipinski definition) is 13. The van der Waals surface area contributed by atoms with Gasteiger partial charge in [0.1, 0.15) is 36.0 Å². The van der Waals surface area contributed by atoms with Crippen molar-refractivity contribution in [1.82, 2.24) is 9.99 Å². The highest BCUT2D eigenvalue weighted by Gasteiger charge is 2.47. The number of nitrogens with one attached hydrogen (secondary N) is 1. The standard InChI is InChI=1S/C22H37N4O10P/c1-6-32-18(27)12-35-37(31,25-15(10-13(3)4)22(30)33-7-2)34-11-16-19(28)20(29)21(36-16)26-9-8-17(23)24-14(26)5/h8-9,13,15-16,19-21,28-29H,5-7,10-12H2,1-4H3,(H2,23,24)(H,25,31)/t15-,16+,19-,20?,21+,37?/m0/s1. The molecule has 2 aliphatic heterocycles. The summed E-state index contributed by atoms with van der Waals surface area (Å²) in [6, 6.07) is -1.08. The molecule has 6 atom stereocenters. The van der Waals surface area contributed by atoms with E-state index in [-0.39, 0.29) is 37.2 Å². The van der Waals surface area contributed by atoms with E-state index in [1.807, 2.05) is 13.8 Å². The minimum atomic E-state index is -4.37. The van der Waals surface area contributed by atoms with Gasteiger partial charge in [-0.05, 0) is 32.3 Å². The molecule has 14 nitrogen and oxygen atoms in total. The van der Waals surface area contributed by atoms with Crippen molar-refractivity contribution in [2.75, 3.05) is 26.4 Å². The van der Waals surface area contributed by atoms with E-state index in [4.69, 9.17) is 29.0 Å². The topological polar surface area (TPSA) is 191 Å². The first-order valence-electron chi connectivity index (χ1n) is 11.9. The average Bonchev–Trinajstić information content (AvgIpc) is 3.10. The summed E-state index contributed by atoms with van der Waals surface area (Å²) in [6.07, 6.45) is -1.95. The smallest absolute Gasteiger partial charge is 0.406 e. The molecule has 1 saturated heterocycles. The maximum absolute atomic E-state index is 13.6. The third kappa shape index (κ3) is 8.88. The number of aliphatic hydroxyl groups is 2. The molecule has 0 saturated carbocycles. The van der Waals surface area contributed by atoms with Crippen molar-refractivity contribution >= 4 is 25.5 Å². The van der Waals surface area contributed by atoms with Gasteiger partial charge in [-0.25, -0.2) is 19.4 Å². The molecular formula is C22H37N4O10P. The summed E-state index contributed by atoms with van der Waals surface area (Å²) in [6.45, 7) is 9.58. The molecule has 2 aliphatic rings. The second-order valence-corrected chi connectivity index (χ2v) is 10.4. The van der Waals surface area contributed by atoms with Gasteiger partial charge in [0.05, 0.1) is 19.8 Å². The Kier molecular flexibility index (Phi) is 11.7. The monoisotopic (exact) mass is 548 g/mol. The lowest BCUT2D eigenvalue weighted by Gasteiger charge is -2.30. The van der Waals surface area contributed by atoms with Crippen LogP contribution in [0.5, 0.6) is 0 Å². The highest BCUT2D eigenvalue weighted by Crippen LogP contribution is 2.46. The minimum Gasteiger partial charge on any atom is -0.465 e. The lowest BCUT2D eigenvalue weighted by Crippen LogP contribution is -2.42. The lowest BCUT2D eigenvalue weighted by atomic mass is 10.1. The molecule has 0 amide bonds. The maximum atomic E-state index is 13.6. The van der Waals surface area contributed by atoms with Gasteiger partial charge in [0.2, 0.25) is 0 Å². The number of hydrogen-bond donors (Lipinski definition) is 4. The van der Waals surface area contributed by atoms with E-state index in [0.29, 0.717) is 0 Å². The Morgan fingerprint density at radius 2 is 1.92 bits per heavy atom. The number of amidine groups is 1. The normalized spacial score (nSPS) is 26.1. The summed E-state index contributed by atoms with van der Waals surface area (Å²) in [5.41, 5.74) is 5.63. The van der Waals surface area contributed by atoms with Crippen LogP contribution in [0.4, 0.5) is 0 Å². The fourth-order valence-electron chi connectivity index (χ4n) is 3.55. The zero-order chi connectivity index (χ0) is 27.8.